The van der Waals surface area contributed by atoms with Crippen LogP contribution in [0, 0.1) is 12.8 Å². The van der Waals surface area contributed by atoms with Gasteiger partial charge in [0.05, 0.1) is 6.61 Å². The number of alkyl halides is 2. The molecule has 9 heteroatoms. The minimum atomic E-state index is -2.89. The van der Waals surface area contributed by atoms with Crippen LogP contribution in [0.3, 0.4) is 0 Å². The smallest absolute Gasteiger partial charge is 0.387 e. The number of benzene rings is 1. The average Bonchev–Trinajstić information content (AvgIpc) is 2.93. The number of halogens is 2. The summed E-state index contributed by atoms with van der Waals surface area (Å²) in [5, 5.41) is 5.39. The molecule has 1 aliphatic rings. The standard InChI is InChI=1S/C17H23F2N3O4/c1-11-7-13(26-16(18)19)3-4-14(11)21-17(24)20-9-12-8-15(23)22(10-12)5-6-25-2/h3-4,7,12,16H,5-6,8-10H2,1-2H3,(H2,20,21,24)/t12-/m0/s1. The number of likely N-dealkylation sites (tertiary alicyclic amines) is 1. The van der Waals surface area contributed by atoms with Crippen molar-refractivity contribution in [3.05, 3.63) is 23.8 Å². The highest BCUT2D eigenvalue weighted by molar-refractivity contribution is 5.90. The van der Waals surface area contributed by atoms with Crippen molar-refractivity contribution in [3.63, 3.8) is 0 Å². The second kappa shape index (κ2) is 9.33. The van der Waals surface area contributed by atoms with Gasteiger partial charge in [-0.25, -0.2) is 4.79 Å². The SMILES string of the molecule is COCCN1C[C@H](CNC(=O)Nc2ccc(OC(F)F)cc2C)CC1=O. The molecular formula is C17H23F2N3O4. The van der Waals surface area contributed by atoms with Gasteiger partial charge in [-0.15, -0.1) is 0 Å². The number of aryl methyl sites for hydroxylation is 1. The fraction of sp³-hybridized carbons (Fsp3) is 0.529. The number of anilines is 1. The van der Waals surface area contributed by atoms with Crippen LogP contribution in [-0.4, -0.2) is 56.8 Å². The Labute approximate surface area is 150 Å². The summed E-state index contributed by atoms with van der Waals surface area (Å²) in [5.74, 6) is 0.136. The molecule has 1 aromatic rings. The van der Waals surface area contributed by atoms with Gasteiger partial charge in [-0.3, -0.25) is 4.79 Å². The number of carbonyl (C=O) groups is 2. The Hall–Kier alpha value is -2.42. The van der Waals surface area contributed by atoms with Gasteiger partial charge in [0.2, 0.25) is 5.91 Å². The van der Waals surface area contributed by atoms with Crippen LogP contribution in [0.5, 0.6) is 5.75 Å². The largest absolute Gasteiger partial charge is 0.435 e. The van der Waals surface area contributed by atoms with Crippen molar-refractivity contribution in [1.29, 1.82) is 0 Å². The average molecular weight is 371 g/mol. The number of carbonyl (C=O) groups excluding carboxylic acids is 2. The molecule has 1 fully saturated rings. The highest BCUT2D eigenvalue weighted by atomic mass is 19.3. The van der Waals surface area contributed by atoms with Crippen molar-refractivity contribution in [1.82, 2.24) is 10.2 Å². The number of nitrogens with one attached hydrogen (secondary N) is 2. The molecule has 1 saturated heterocycles. The highest BCUT2D eigenvalue weighted by Crippen LogP contribution is 2.23. The molecular weight excluding hydrogens is 348 g/mol. The van der Waals surface area contributed by atoms with Crippen LogP contribution in [0.15, 0.2) is 18.2 Å². The third-order valence-electron chi connectivity index (χ3n) is 4.08. The van der Waals surface area contributed by atoms with E-state index in [1.165, 1.54) is 18.2 Å². The van der Waals surface area contributed by atoms with Crippen LogP contribution in [0.2, 0.25) is 0 Å². The topological polar surface area (TPSA) is 79.9 Å². The van der Waals surface area contributed by atoms with Crippen LogP contribution < -0.4 is 15.4 Å². The number of urea groups is 1. The third kappa shape index (κ3) is 5.83. The predicted octanol–water partition coefficient (Wildman–Crippen LogP) is 2.21. The summed E-state index contributed by atoms with van der Waals surface area (Å²) >= 11 is 0. The van der Waals surface area contributed by atoms with Crippen molar-refractivity contribution in [3.8, 4) is 5.75 Å². The second-order valence-corrected chi connectivity index (χ2v) is 6.09. The van der Waals surface area contributed by atoms with Crippen LogP contribution in [0.25, 0.3) is 0 Å². The van der Waals surface area contributed by atoms with Crippen molar-refractivity contribution in [2.24, 2.45) is 5.92 Å². The summed E-state index contributed by atoms with van der Waals surface area (Å²) in [6.07, 6.45) is 0.392. The van der Waals surface area contributed by atoms with Crippen LogP contribution >= 0.6 is 0 Å². The molecule has 1 aromatic carbocycles. The Balaban J connectivity index is 1.79. The quantitative estimate of drug-likeness (QED) is 0.734. The first kappa shape index (κ1) is 19.9. The van der Waals surface area contributed by atoms with Gasteiger partial charge >= 0.3 is 12.6 Å². The van der Waals surface area contributed by atoms with E-state index >= 15 is 0 Å². The molecule has 7 nitrogen and oxygen atoms in total. The van der Waals surface area contributed by atoms with E-state index in [1.54, 1.807) is 18.9 Å². The molecule has 2 rings (SSSR count). The van der Waals surface area contributed by atoms with E-state index in [4.69, 9.17) is 4.74 Å². The fourth-order valence-electron chi connectivity index (χ4n) is 2.76. The number of rotatable bonds is 8. The summed E-state index contributed by atoms with van der Waals surface area (Å²) < 4.78 is 33.7. The summed E-state index contributed by atoms with van der Waals surface area (Å²) in [4.78, 5) is 25.6. The van der Waals surface area contributed by atoms with E-state index in [0.717, 1.165) is 0 Å². The highest BCUT2D eigenvalue weighted by Gasteiger charge is 2.29. The molecule has 1 aliphatic heterocycles. The molecule has 0 radical (unpaired) electrons. The van der Waals surface area contributed by atoms with Gasteiger partial charge in [0.15, 0.2) is 0 Å². The van der Waals surface area contributed by atoms with Crippen molar-refractivity contribution >= 4 is 17.6 Å². The first-order valence-electron chi connectivity index (χ1n) is 8.26. The van der Waals surface area contributed by atoms with Crippen molar-refractivity contribution in [2.75, 3.05) is 38.7 Å². The Kier molecular flexibility index (Phi) is 7.14. The molecule has 3 amide bonds. The third-order valence-corrected chi connectivity index (χ3v) is 4.08. The van der Waals surface area contributed by atoms with Crippen molar-refractivity contribution in [2.45, 2.75) is 20.0 Å². The Morgan fingerprint density at radius 3 is 2.85 bits per heavy atom. The normalized spacial score (nSPS) is 16.9. The molecule has 1 atom stereocenters. The summed E-state index contributed by atoms with van der Waals surface area (Å²) in [7, 11) is 1.58. The monoisotopic (exact) mass is 371 g/mol. The van der Waals surface area contributed by atoms with Gasteiger partial charge in [0.1, 0.15) is 5.75 Å². The lowest BCUT2D eigenvalue weighted by Gasteiger charge is -2.16. The van der Waals surface area contributed by atoms with E-state index in [1.807, 2.05) is 0 Å². The number of nitrogens with zero attached hydrogens (tertiary/aromatic N) is 1. The molecule has 2 N–H and O–H groups in total. The lowest BCUT2D eigenvalue weighted by Crippen LogP contribution is -2.34. The zero-order valence-electron chi connectivity index (χ0n) is 14.8. The van der Waals surface area contributed by atoms with E-state index in [9.17, 15) is 18.4 Å². The fourth-order valence-corrected chi connectivity index (χ4v) is 2.76. The maximum absolute atomic E-state index is 12.2. The number of hydrogen-bond acceptors (Lipinski definition) is 4. The summed E-state index contributed by atoms with van der Waals surface area (Å²) in [6, 6.07) is 3.86. The van der Waals surface area contributed by atoms with Gasteiger partial charge in [-0.05, 0) is 30.7 Å². The maximum Gasteiger partial charge on any atom is 0.387 e. The summed E-state index contributed by atoms with van der Waals surface area (Å²) in [5.41, 5.74) is 1.09. The number of amides is 3. The maximum atomic E-state index is 12.2. The zero-order chi connectivity index (χ0) is 19.1. The first-order chi connectivity index (χ1) is 12.4. The van der Waals surface area contributed by atoms with Crippen LogP contribution in [0.1, 0.15) is 12.0 Å². The Morgan fingerprint density at radius 2 is 2.19 bits per heavy atom. The molecule has 0 saturated carbocycles. The molecule has 0 aliphatic carbocycles. The van der Waals surface area contributed by atoms with E-state index in [0.29, 0.717) is 43.9 Å². The molecule has 0 bridgehead atoms. The van der Waals surface area contributed by atoms with Crippen molar-refractivity contribution < 1.29 is 27.8 Å². The number of methoxy groups -OCH3 is 1. The molecule has 26 heavy (non-hydrogen) atoms. The van der Waals surface area contributed by atoms with Gasteiger partial charge in [-0.2, -0.15) is 8.78 Å². The van der Waals surface area contributed by atoms with Crippen LogP contribution in [0.4, 0.5) is 19.3 Å². The van der Waals surface area contributed by atoms with Crippen LogP contribution in [-0.2, 0) is 9.53 Å². The Morgan fingerprint density at radius 1 is 1.42 bits per heavy atom. The van der Waals surface area contributed by atoms with Gasteiger partial charge < -0.3 is 25.0 Å². The molecule has 1 heterocycles. The Bertz CT molecular complexity index is 642. The summed E-state index contributed by atoms with van der Waals surface area (Å²) in [6.45, 7) is 0.765. The second-order valence-electron chi connectivity index (χ2n) is 6.09. The van der Waals surface area contributed by atoms with E-state index in [-0.39, 0.29) is 17.6 Å². The molecule has 0 aromatic heterocycles. The minimum Gasteiger partial charge on any atom is -0.435 e. The van der Waals surface area contributed by atoms with Gasteiger partial charge in [-0.1, -0.05) is 0 Å². The molecule has 0 spiro atoms. The van der Waals surface area contributed by atoms with E-state index in [2.05, 4.69) is 15.4 Å². The van der Waals surface area contributed by atoms with Gasteiger partial charge in [0, 0.05) is 44.8 Å². The lowest BCUT2D eigenvalue weighted by atomic mass is 10.1. The number of hydrogen-bond donors (Lipinski definition) is 2. The zero-order valence-corrected chi connectivity index (χ0v) is 14.8. The first-order valence-corrected chi connectivity index (χ1v) is 8.26. The van der Waals surface area contributed by atoms with Gasteiger partial charge in [0.25, 0.3) is 0 Å². The lowest BCUT2D eigenvalue weighted by molar-refractivity contribution is -0.128. The molecule has 144 valence electrons. The predicted molar refractivity (Wildman–Crippen MR) is 91.4 cm³/mol. The minimum absolute atomic E-state index is 0.0316. The molecule has 0 unspecified atom stereocenters. The number of ether oxygens (including phenoxy) is 2. The van der Waals surface area contributed by atoms with E-state index < -0.39 is 12.6 Å².